The van der Waals surface area contributed by atoms with Crippen molar-refractivity contribution < 1.29 is 9.53 Å². The van der Waals surface area contributed by atoms with Gasteiger partial charge in [-0.15, -0.1) is 0 Å². The van der Waals surface area contributed by atoms with Gasteiger partial charge in [-0.05, 0) is 44.0 Å². The summed E-state index contributed by atoms with van der Waals surface area (Å²) >= 11 is 0. The third-order valence-electron chi connectivity index (χ3n) is 3.64. The normalized spacial score (nSPS) is 19.0. The summed E-state index contributed by atoms with van der Waals surface area (Å²) in [5.41, 5.74) is 1.30. The Morgan fingerprint density at radius 2 is 2.24 bits per heavy atom. The predicted molar refractivity (Wildman–Crippen MR) is 80.8 cm³/mol. The summed E-state index contributed by atoms with van der Waals surface area (Å²) in [5, 5.41) is 14.9. The van der Waals surface area contributed by atoms with E-state index in [2.05, 4.69) is 17.6 Å². The summed E-state index contributed by atoms with van der Waals surface area (Å²) in [6.07, 6.45) is 2.89. The number of nitrogens with one attached hydrogen (secondary N) is 2. The number of rotatable bonds is 6. The Bertz CT molecular complexity index is 501. The van der Waals surface area contributed by atoms with Gasteiger partial charge in [0.1, 0.15) is 0 Å². The maximum atomic E-state index is 11.8. The van der Waals surface area contributed by atoms with Crippen LogP contribution in [0, 0.1) is 11.3 Å². The first-order chi connectivity index (χ1) is 10.2. The van der Waals surface area contributed by atoms with Gasteiger partial charge in [-0.2, -0.15) is 5.26 Å². The van der Waals surface area contributed by atoms with Crippen LogP contribution in [0.4, 0.5) is 5.69 Å². The molecule has 0 radical (unpaired) electrons. The topological polar surface area (TPSA) is 74.2 Å². The van der Waals surface area contributed by atoms with Gasteiger partial charge < -0.3 is 15.4 Å². The largest absolute Gasteiger partial charge is 0.377 e. The zero-order chi connectivity index (χ0) is 15.1. The van der Waals surface area contributed by atoms with Crippen molar-refractivity contribution in [2.75, 3.05) is 18.5 Å². The Morgan fingerprint density at radius 1 is 1.48 bits per heavy atom. The van der Waals surface area contributed by atoms with Gasteiger partial charge in [0.2, 0.25) is 5.91 Å². The van der Waals surface area contributed by atoms with Crippen LogP contribution < -0.4 is 10.6 Å². The van der Waals surface area contributed by atoms with Crippen molar-refractivity contribution in [2.24, 2.45) is 0 Å². The minimum absolute atomic E-state index is 0.0354. The smallest absolute Gasteiger partial charge is 0.225 e. The van der Waals surface area contributed by atoms with E-state index in [0.29, 0.717) is 24.2 Å². The van der Waals surface area contributed by atoms with E-state index in [4.69, 9.17) is 10.00 Å². The third-order valence-corrected chi connectivity index (χ3v) is 3.64. The average Bonchev–Trinajstić information content (AvgIpc) is 3.02. The van der Waals surface area contributed by atoms with Gasteiger partial charge in [0.15, 0.2) is 0 Å². The van der Waals surface area contributed by atoms with Crippen LogP contribution in [0.1, 0.15) is 31.7 Å². The van der Waals surface area contributed by atoms with Crippen molar-refractivity contribution in [1.29, 1.82) is 5.26 Å². The SMILES string of the molecule is C[C@@H](NCCC(=O)Nc1ccc(C#N)cc1)[C@H]1CCCO1. The molecule has 1 fully saturated rings. The van der Waals surface area contributed by atoms with Gasteiger partial charge in [0.25, 0.3) is 0 Å². The molecule has 1 amide bonds. The lowest BCUT2D eigenvalue weighted by atomic mass is 10.1. The molecule has 1 aliphatic rings. The highest BCUT2D eigenvalue weighted by Crippen LogP contribution is 2.15. The number of nitrogens with zero attached hydrogens (tertiary/aromatic N) is 1. The van der Waals surface area contributed by atoms with Crippen LogP contribution in [-0.2, 0) is 9.53 Å². The molecule has 1 heterocycles. The van der Waals surface area contributed by atoms with Crippen molar-refractivity contribution in [3.05, 3.63) is 29.8 Å². The van der Waals surface area contributed by atoms with E-state index in [0.717, 1.165) is 19.4 Å². The van der Waals surface area contributed by atoms with Crippen molar-refractivity contribution in [2.45, 2.75) is 38.3 Å². The standard InChI is InChI=1S/C16H21N3O2/c1-12(15-3-2-10-21-15)18-9-8-16(20)19-14-6-4-13(11-17)5-7-14/h4-7,12,15,18H,2-3,8-10H2,1H3,(H,19,20)/t12-,15-/m1/s1. The van der Waals surface area contributed by atoms with Crippen LogP contribution in [0.5, 0.6) is 0 Å². The fraction of sp³-hybridized carbons (Fsp3) is 0.500. The maximum absolute atomic E-state index is 11.8. The van der Waals surface area contributed by atoms with Crippen LogP contribution in [0.2, 0.25) is 0 Å². The van der Waals surface area contributed by atoms with Gasteiger partial charge >= 0.3 is 0 Å². The molecule has 1 saturated heterocycles. The first-order valence-corrected chi connectivity index (χ1v) is 7.34. The van der Waals surface area contributed by atoms with Gasteiger partial charge in [-0.1, -0.05) is 0 Å². The lowest BCUT2D eigenvalue weighted by Crippen LogP contribution is -2.38. The molecule has 1 aliphatic heterocycles. The maximum Gasteiger partial charge on any atom is 0.225 e. The molecule has 0 spiro atoms. The first-order valence-electron chi connectivity index (χ1n) is 7.34. The zero-order valence-corrected chi connectivity index (χ0v) is 12.3. The second-order valence-corrected chi connectivity index (χ2v) is 5.28. The van der Waals surface area contributed by atoms with Gasteiger partial charge in [-0.25, -0.2) is 0 Å². The van der Waals surface area contributed by atoms with Crippen molar-refractivity contribution in [3.63, 3.8) is 0 Å². The quantitative estimate of drug-likeness (QED) is 0.839. The summed E-state index contributed by atoms with van der Waals surface area (Å²) in [6, 6.07) is 9.17. The Morgan fingerprint density at radius 3 is 2.86 bits per heavy atom. The first kappa shape index (κ1) is 15.5. The lowest BCUT2D eigenvalue weighted by Gasteiger charge is -2.19. The summed E-state index contributed by atoms with van der Waals surface area (Å²) in [6.45, 7) is 3.56. The van der Waals surface area contributed by atoms with Gasteiger partial charge in [0, 0.05) is 31.3 Å². The molecule has 0 aromatic heterocycles. The Balaban J connectivity index is 1.68. The summed E-state index contributed by atoms with van der Waals surface area (Å²) in [4.78, 5) is 11.8. The van der Waals surface area contributed by atoms with E-state index in [1.54, 1.807) is 24.3 Å². The summed E-state index contributed by atoms with van der Waals surface area (Å²) < 4.78 is 5.60. The minimum atomic E-state index is -0.0354. The fourth-order valence-electron chi connectivity index (χ4n) is 2.39. The van der Waals surface area contributed by atoms with Gasteiger partial charge in [0.05, 0.1) is 17.7 Å². The van der Waals surface area contributed by atoms with E-state index < -0.39 is 0 Å². The molecule has 1 aromatic carbocycles. The number of nitriles is 1. The summed E-state index contributed by atoms with van der Waals surface area (Å²) in [5.74, 6) is -0.0354. The molecule has 2 N–H and O–H groups in total. The number of hydrogen-bond donors (Lipinski definition) is 2. The summed E-state index contributed by atoms with van der Waals surface area (Å²) in [7, 11) is 0. The van der Waals surface area contributed by atoms with Crippen molar-refractivity contribution in [3.8, 4) is 6.07 Å². The second-order valence-electron chi connectivity index (χ2n) is 5.28. The number of amides is 1. The van der Waals surface area contributed by atoms with Crippen LogP contribution in [-0.4, -0.2) is 31.2 Å². The molecule has 1 aromatic rings. The predicted octanol–water partition coefficient (Wildman–Crippen LogP) is 2.04. The number of carbonyl (C=O) groups is 1. The minimum Gasteiger partial charge on any atom is -0.377 e. The van der Waals surface area contributed by atoms with E-state index in [1.807, 2.05) is 6.07 Å². The second kappa shape index (κ2) is 7.77. The molecule has 0 aliphatic carbocycles. The number of benzene rings is 1. The fourth-order valence-corrected chi connectivity index (χ4v) is 2.39. The van der Waals surface area contributed by atoms with Crippen LogP contribution in [0.15, 0.2) is 24.3 Å². The van der Waals surface area contributed by atoms with E-state index in [1.165, 1.54) is 0 Å². The van der Waals surface area contributed by atoms with Gasteiger partial charge in [-0.3, -0.25) is 4.79 Å². The van der Waals surface area contributed by atoms with E-state index >= 15 is 0 Å². The Kier molecular flexibility index (Phi) is 5.73. The van der Waals surface area contributed by atoms with E-state index in [-0.39, 0.29) is 18.1 Å². The molecule has 0 unspecified atom stereocenters. The molecule has 112 valence electrons. The highest BCUT2D eigenvalue weighted by molar-refractivity contribution is 5.90. The van der Waals surface area contributed by atoms with Crippen LogP contribution in [0.25, 0.3) is 0 Å². The van der Waals surface area contributed by atoms with E-state index in [9.17, 15) is 4.79 Å². The van der Waals surface area contributed by atoms with Crippen LogP contribution >= 0.6 is 0 Å². The molecule has 21 heavy (non-hydrogen) atoms. The highest BCUT2D eigenvalue weighted by Gasteiger charge is 2.21. The number of anilines is 1. The molecule has 0 bridgehead atoms. The molecular weight excluding hydrogens is 266 g/mol. The number of ether oxygens (including phenoxy) is 1. The van der Waals surface area contributed by atoms with Crippen molar-refractivity contribution >= 4 is 11.6 Å². The number of hydrogen-bond acceptors (Lipinski definition) is 4. The highest BCUT2D eigenvalue weighted by atomic mass is 16.5. The molecule has 0 saturated carbocycles. The molecule has 5 heteroatoms. The third kappa shape index (κ3) is 4.85. The molecular formula is C16H21N3O2. The Labute approximate surface area is 125 Å². The average molecular weight is 287 g/mol. The monoisotopic (exact) mass is 287 g/mol. The lowest BCUT2D eigenvalue weighted by molar-refractivity contribution is -0.116. The zero-order valence-electron chi connectivity index (χ0n) is 12.3. The number of carbonyl (C=O) groups excluding carboxylic acids is 1. The molecule has 2 rings (SSSR count). The van der Waals surface area contributed by atoms with Crippen LogP contribution in [0.3, 0.4) is 0 Å². The molecule has 2 atom stereocenters. The molecule has 5 nitrogen and oxygen atoms in total. The van der Waals surface area contributed by atoms with Crippen molar-refractivity contribution in [1.82, 2.24) is 5.32 Å². The Hall–Kier alpha value is -1.90.